The molecule has 0 radical (unpaired) electrons. The maximum Gasteiger partial charge on any atom is 0.254 e. The second kappa shape index (κ2) is 8.81. The second-order valence-corrected chi connectivity index (χ2v) is 8.73. The highest BCUT2D eigenvalue weighted by Gasteiger charge is 2.33. The lowest BCUT2D eigenvalue weighted by atomic mass is 10.0. The number of nitrogens with zero attached hydrogens (tertiary/aromatic N) is 3. The standard InChI is InChI=1S/C24H26ClFN4O/c1-15(2)27-12-20(10-16-5-4-6-19(26)9-16)30-14-18-11-17(7-8-21(18)24(30)31)23-22(25)13-28-29(23)3/h4-9,11,13,15,20,27H,10,12,14H2,1-3H3/t20-/m0/s1. The molecule has 2 aromatic carbocycles. The lowest BCUT2D eigenvalue weighted by Gasteiger charge is -2.29. The summed E-state index contributed by atoms with van der Waals surface area (Å²) in [6, 6.07) is 12.6. The highest BCUT2D eigenvalue weighted by Crippen LogP contribution is 2.33. The molecule has 1 N–H and O–H groups in total. The van der Waals surface area contributed by atoms with Gasteiger partial charge < -0.3 is 10.2 Å². The summed E-state index contributed by atoms with van der Waals surface area (Å²) >= 11 is 6.31. The highest BCUT2D eigenvalue weighted by atomic mass is 35.5. The van der Waals surface area contributed by atoms with Crippen LogP contribution in [-0.4, -0.2) is 39.2 Å². The minimum atomic E-state index is -0.262. The quantitative estimate of drug-likeness (QED) is 0.590. The van der Waals surface area contributed by atoms with E-state index in [9.17, 15) is 9.18 Å². The number of hydrogen-bond donors (Lipinski definition) is 1. The number of aryl methyl sites for hydroxylation is 1. The molecule has 0 unspecified atom stereocenters. The molecule has 0 fully saturated rings. The summed E-state index contributed by atoms with van der Waals surface area (Å²) in [5.41, 5.74) is 4.31. The molecule has 0 saturated carbocycles. The fourth-order valence-corrected chi connectivity index (χ4v) is 4.40. The molecular weight excluding hydrogens is 415 g/mol. The van der Waals surface area contributed by atoms with Crippen LogP contribution in [0.25, 0.3) is 11.3 Å². The van der Waals surface area contributed by atoms with Gasteiger partial charge in [0.2, 0.25) is 0 Å². The predicted octanol–water partition coefficient (Wildman–Crippen LogP) is 4.44. The number of rotatable bonds is 7. The van der Waals surface area contributed by atoms with E-state index in [1.807, 2.05) is 36.2 Å². The van der Waals surface area contributed by atoms with Crippen molar-refractivity contribution in [2.24, 2.45) is 7.05 Å². The molecule has 5 nitrogen and oxygen atoms in total. The zero-order chi connectivity index (χ0) is 22.1. The molecule has 1 atom stereocenters. The lowest BCUT2D eigenvalue weighted by molar-refractivity contribution is 0.0698. The summed E-state index contributed by atoms with van der Waals surface area (Å²) in [6.07, 6.45) is 2.20. The molecule has 162 valence electrons. The fraction of sp³-hybridized carbons (Fsp3) is 0.333. The molecule has 1 aliphatic heterocycles. The van der Waals surface area contributed by atoms with Crippen LogP contribution < -0.4 is 5.32 Å². The van der Waals surface area contributed by atoms with Gasteiger partial charge in [-0.1, -0.05) is 43.6 Å². The predicted molar refractivity (Wildman–Crippen MR) is 121 cm³/mol. The fourth-order valence-electron chi connectivity index (χ4n) is 4.12. The monoisotopic (exact) mass is 440 g/mol. The number of carbonyl (C=O) groups excluding carboxylic acids is 1. The van der Waals surface area contributed by atoms with E-state index in [1.54, 1.807) is 23.0 Å². The molecule has 0 saturated heterocycles. The first kappa shape index (κ1) is 21.5. The Labute approximate surface area is 186 Å². The molecule has 1 aromatic heterocycles. The molecule has 0 bridgehead atoms. The van der Waals surface area contributed by atoms with Gasteiger partial charge in [0.05, 0.1) is 16.9 Å². The van der Waals surface area contributed by atoms with Crippen molar-refractivity contribution in [2.45, 2.75) is 38.9 Å². The van der Waals surface area contributed by atoms with Crippen molar-refractivity contribution in [3.8, 4) is 11.3 Å². The third kappa shape index (κ3) is 4.50. The van der Waals surface area contributed by atoms with E-state index in [0.717, 1.165) is 22.4 Å². The minimum absolute atomic E-state index is 0.00427. The molecule has 7 heteroatoms. The Morgan fingerprint density at radius 1 is 1.23 bits per heavy atom. The topological polar surface area (TPSA) is 50.2 Å². The summed E-state index contributed by atoms with van der Waals surface area (Å²) in [5.74, 6) is -0.258. The average molecular weight is 441 g/mol. The van der Waals surface area contributed by atoms with Crippen molar-refractivity contribution in [1.82, 2.24) is 20.0 Å². The first-order valence-electron chi connectivity index (χ1n) is 10.4. The largest absolute Gasteiger partial charge is 0.330 e. The Hall–Kier alpha value is -2.70. The summed E-state index contributed by atoms with van der Waals surface area (Å²) in [6.45, 7) is 5.29. The zero-order valence-corrected chi connectivity index (χ0v) is 18.7. The molecule has 1 amide bonds. The average Bonchev–Trinajstić information content (AvgIpc) is 3.23. The molecule has 1 aliphatic rings. The number of benzene rings is 2. The van der Waals surface area contributed by atoms with Crippen LogP contribution in [0.2, 0.25) is 5.02 Å². The Morgan fingerprint density at radius 2 is 2.03 bits per heavy atom. The molecule has 3 aromatic rings. The van der Waals surface area contributed by atoms with Gasteiger partial charge in [-0.2, -0.15) is 5.10 Å². The summed E-state index contributed by atoms with van der Waals surface area (Å²) in [4.78, 5) is 15.1. The van der Waals surface area contributed by atoms with Gasteiger partial charge in [0.15, 0.2) is 0 Å². The van der Waals surface area contributed by atoms with Gasteiger partial charge >= 0.3 is 0 Å². The van der Waals surface area contributed by atoms with E-state index in [0.29, 0.717) is 30.1 Å². The number of aromatic nitrogens is 2. The van der Waals surface area contributed by atoms with E-state index in [1.165, 1.54) is 6.07 Å². The summed E-state index contributed by atoms with van der Waals surface area (Å²) in [7, 11) is 1.85. The van der Waals surface area contributed by atoms with E-state index < -0.39 is 0 Å². The van der Waals surface area contributed by atoms with Crippen molar-refractivity contribution in [3.63, 3.8) is 0 Å². The van der Waals surface area contributed by atoms with Crippen LogP contribution in [0.4, 0.5) is 4.39 Å². The number of nitrogens with one attached hydrogen (secondary N) is 1. The van der Waals surface area contributed by atoms with Gasteiger partial charge in [-0.15, -0.1) is 0 Å². The van der Waals surface area contributed by atoms with Crippen molar-refractivity contribution < 1.29 is 9.18 Å². The minimum Gasteiger partial charge on any atom is -0.330 e. The van der Waals surface area contributed by atoms with Crippen molar-refractivity contribution >= 4 is 17.5 Å². The molecule has 31 heavy (non-hydrogen) atoms. The number of amides is 1. The lowest BCUT2D eigenvalue weighted by Crippen LogP contribution is -2.45. The summed E-state index contributed by atoms with van der Waals surface area (Å²) < 4.78 is 15.5. The second-order valence-electron chi connectivity index (χ2n) is 8.32. The Kier molecular flexibility index (Phi) is 6.12. The van der Waals surface area contributed by atoms with Gasteiger partial charge in [0.1, 0.15) is 5.82 Å². The Bertz CT molecular complexity index is 1090. The van der Waals surface area contributed by atoms with Crippen molar-refractivity contribution in [2.75, 3.05) is 6.54 Å². The van der Waals surface area contributed by atoms with Crippen LogP contribution in [0.3, 0.4) is 0 Å². The van der Waals surface area contributed by atoms with Gasteiger partial charge in [-0.05, 0) is 41.8 Å². The van der Waals surface area contributed by atoms with Crippen molar-refractivity contribution in [1.29, 1.82) is 0 Å². The maximum atomic E-state index is 13.7. The van der Waals surface area contributed by atoms with Crippen LogP contribution in [0.15, 0.2) is 48.7 Å². The van der Waals surface area contributed by atoms with Gasteiger partial charge in [-0.25, -0.2) is 4.39 Å². The van der Waals surface area contributed by atoms with Crippen LogP contribution in [-0.2, 0) is 20.0 Å². The first-order chi connectivity index (χ1) is 14.8. The molecule has 0 spiro atoms. The normalized spacial score (nSPS) is 14.4. The van der Waals surface area contributed by atoms with E-state index in [-0.39, 0.29) is 23.8 Å². The van der Waals surface area contributed by atoms with Gasteiger partial charge in [0, 0.05) is 43.3 Å². The van der Waals surface area contributed by atoms with Crippen LogP contribution >= 0.6 is 11.6 Å². The maximum absolute atomic E-state index is 13.7. The molecular formula is C24H26ClFN4O. The molecule has 0 aliphatic carbocycles. The number of halogens is 2. The van der Waals surface area contributed by atoms with Crippen molar-refractivity contribution in [3.05, 3.63) is 76.2 Å². The van der Waals surface area contributed by atoms with Crippen LogP contribution in [0, 0.1) is 5.82 Å². The number of hydrogen-bond acceptors (Lipinski definition) is 3. The molecule has 4 rings (SSSR count). The number of carbonyl (C=O) groups is 1. The van der Waals surface area contributed by atoms with E-state index in [2.05, 4.69) is 24.3 Å². The highest BCUT2D eigenvalue weighted by molar-refractivity contribution is 6.33. The van der Waals surface area contributed by atoms with Crippen LogP contribution in [0.1, 0.15) is 35.3 Å². The summed E-state index contributed by atoms with van der Waals surface area (Å²) in [5, 5.41) is 8.22. The Balaban J connectivity index is 1.62. The first-order valence-corrected chi connectivity index (χ1v) is 10.8. The van der Waals surface area contributed by atoms with Gasteiger partial charge in [0.25, 0.3) is 5.91 Å². The third-order valence-electron chi connectivity index (χ3n) is 5.67. The Morgan fingerprint density at radius 3 is 2.71 bits per heavy atom. The zero-order valence-electron chi connectivity index (χ0n) is 17.9. The molecule has 2 heterocycles. The number of fused-ring (bicyclic) bond motifs is 1. The third-order valence-corrected chi connectivity index (χ3v) is 5.94. The van der Waals surface area contributed by atoms with E-state index in [4.69, 9.17) is 11.6 Å². The van der Waals surface area contributed by atoms with Crippen LogP contribution in [0.5, 0.6) is 0 Å². The smallest absolute Gasteiger partial charge is 0.254 e. The SMILES string of the molecule is CC(C)NC[C@H](Cc1cccc(F)c1)N1Cc2cc(-c3c(Cl)cnn3C)ccc2C1=O. The van der Waals surface area contributed by atoms with Gasteiger partial charge in [-0.3, -0.25) is 9.48 Å². The van der Waals surface area contributed by atoms with E-state index >= 15 is 0 Å².